The number of imidazole rings is 1. The lowest BCUT2D eigenvalue weighted by atomic mass is 10.0. The highest BCUT2D eigenvalue weighted by Gasteiger charge is 2.30. The van der Waals surface area contributed by atoms with E-state index in [0.29, 0.717) is 35.2 Å². The molecule has 3 aliphatic rings. The Morgan fingerprint density at radius 1 is 1.09 bits per heavy atom. The second-order valence-electron chi connectivity index (χ2n) is 9.33. The molecule has 0 spiro atoms. The van der Waals surface area contributed by atoms with Crippen LogP contribution in [0.4, 0.5) is 0 Å². The number of amides is 2. The summed E-state index contributed by atoms with van der Waals surface area (Å²) in [6.45, 7) is 3.10. The number of carbonyl (C=O) groups is 2. The minimum Gasteiger partial charge on any atom is -0.373 e. The number of aryl methyl sites for hydroxylation is 1. The zero-order valence-electron chi connectivity index (χ0n) is 19.4. The summed E-state index contributed by atoms with van der Waals surface area (Å²) in [6, 6.07) is 5.07. The number of benzene rings is 1. The van der Waals surface area contributed by atoms with Gasteiger partial charge in [-0.15, -0.1) is 0 Å². The highest BCUT2D eigenvalue weighted by Crippen LogP contribution is 2.32. The van der Waals surface area contributed by atoms with Gasteiger partial charge in [0.25, 0.3) is 11.8 Å². The van der Waals surface area contributed by atoms with E-state index in [2.05, 4.69) is 20.0 Å². The van der Waals surface area contributed by atoms with Crippen LogP contribution in [0.5, 0.6) is 0 Å². The van der Waals surface area contributed by atoms with Crippen LogP contribution in [-0.4, -0.2) is 55.7 Å². The monoisotopic (exact) mass is 494 g/mol. The highest BCUT2D eigenvalue weighted by atomic mass is 35.5. The first-order valence-electron chi connectivity index (χ1n) is 12.2. The van der Waals surface area contributed by atoms with E-state index in [1.54, 1.807) is 23.3 Å². The van der Waals surface area contributed by atoms with Gasteiger partial charge < -0.3 is 19.5 Å². The first-order chi connectivity index (χ1) is 17.1. The van der Waals surface area contributed by atoms with E-state index in [1.807, 2.05) is 17.0 Å². The zero-order valence-corrected chi connectivity index (χ0v) is 20.1. The van der Waals surface area contributed by atoms with Crippen LogP contribution in [0.3, 0.4) is 0 Å². The summed E-state index contributed by atoms with van der Waals surface area (Å²) in [5.41, 5.74) is 4.26. The van der Waals surface area contributed by atoms with Gasteiger partial charge in [0.1, 0.15) is 5.69 Å². The van der Waals surface area contributed by atoms with Crippen LogP contribution in [0, 0.1) is 0 Å². The number of carbonyl (C=O) groups excluding carboxylic acids is 2. The standard InChI is InChI=1S/C25H27ClN6O3/c26-22-16(25(34)30-9-3-4-10-30)6-5-8-19(22)32-21-14-35-13-18(17(21)12-28-32)29-24(33)23-20-7-1-2-11-31(20)15-27-23/h5-6,8,12,15,18H,1-4,7,9-11,13-14H2,(H,29,33)/t18-/m0/s1. The maximum absolute atomic E-state index is 13.1. The quantitative estimate of drug-likeness (QED) is 0.600. The van der Waals surface area contributed by atoms with Crippen LogP contribution >= 0.6 is 11.6 Å². The van der Waals surface area contributed by atoms with Crippen LogP contribution in [0.15, 0.2) is 30.7 Å². The van der Waals surface area contributed by atoms with Gasteiger partial charge in [-0.2, -0.15) is 5.10 Å². The van der Waals surface area contributed by atoms with Crippen molar-refractivity contribution in [1.29, 1.82) is 0 Å². The summed E-state index contributed by atoms with van der Waals surface area (Å²) >= 11 is 6.74. The maximum Gasteiger partial charge on any atom is 0.272 e. The lowest BCUT2D eigenvalue weighted by Crippen LogP contribution is -2.35. The zero-order chi connectivity index (χ0) is 23.9. The van der Waals surface area contributed by atoms with E-state index in [4.69, 9.17) is 16.3 Å². The Morgan fingerprint density at radius 3 is 2.77 bits per heavy atom. The molecule has 35 heavy (non-hydrogen) atoms. The number of hydrogen-bond acceptors (Lipinski definition) is 5. The molecule has 1 fully saturated rings. The molecule has 1 saturated heterocycles. The molecule has 182 valence electrons. The molecule has 9 nitrogen and oxygen atoms in total. The summed E-state index contributed by atoms with van der Waals surface area (Å²) in [4.78, 5) is 32.3. The lowest BCUT2D eigenvalue weighted by Gasteiger charge is -2.25. The van der Waals surface area contributed by atoms with Crippen molar-refractivity contribution in [3.05, 3.63) is 64.0 Å². The van der Waals surface area contributed by atoms with Gasteiger partial charge in [0, 0.05) is 25.2 Å². The molecule has 0 radical (unpaired) electrons. The van der Waals surface area contributed by atoms with Gasteiger partial charge in [-0.1, -0.05) is 17.7 Å². The first-order valence-corrected chi connectivity index (χ1v) is 12.6. The molecule has 2 amide bonds. The SMILES string of the molecule is O=C(N[C@H]1COCc2c1cnn2-c1cccc(C(=O)N2CCCC2)c1Cl)c1ncn2c1CCCC2. The van der Waals surface area contributed by atoms with Gasteiger partial charge in [0.2, 0.25) is 0 Å². The van der Waals surface area contributed by atoms with Crippen LogP contribution in [-0.2, 0) is 24.3 Å². The van der Waals surface area contributed by atoms with Gasteiger partial charge in [0.15, 0.2) is 0 Å². The predicted molar refractivity (Wildman–Crippen MR) is 129 cm³/mol. The molecule has 1 N–H and O–H groups in total. The average molecular weight is 495 g/mol. The van der Waals surface area contributed by atoms with Crippen molar-refractivity contribution in [3.63, 3.8) is 0 Å². The first kappa shape index (κ1) is 22.3. The molecule has 6 rings (SSSR count). The second kappa shape index (κ2) is 9.13. The van der Waals surface area contributed by atoms with Gasteiger partial charge in [-0.05, 0) is 44.2 Å². The van der Waals surface area contributed by atoms with Crippen molar-refractivity contribution in [1.82, 2.24) is 29.5 Å². The second-order valence-corrected chi connectivity index (χ2v) is 9.71. The summed E-state index contributed by atoms with van der Waals surface area (Å²) < 4.78 is 9.62. The van der Waals surface area contributed by atoms with Crippen molar-refractivity contribution in [2.75, 3.05) is 19.7 Å². The topological polar surface area (TPSA) is 94.3 Å². The molecule has 0 saturated carbocycles. The Labute approximate surface area is 208 Å². The fourth-order valence-corrected chi connectivity index (χ4v) is 5.59. The fourth-order valence-electron chi connectivity index (χ4n) is 5.30. The number of nitrogens with one attached hydrogen (secondary N) is 1. The van der Waals surface area contributed by atoms with Crippen LogP contribution in [0.2, 0.25) is 5.02 Å². The Hall–Kier alpha value is -3.17. The van der Waals surface area contributed by atoms with E-state index in [9.17, 15) is 9.59 Å². The third-order valence-electron chi connectivity index (χ3n) is 7.16. The van der Waals surface area contributed by atoms with Gasteiger partial charge >= 0.3 is 0 Å². The number of ether oxygens (including phenoxy) is 1. The lowest BCUT2D eigenvalue weighted by molar-refractivity contribution is 0.0683. The summed E-state index contributed by atoms with van der Waals surface area (Å²) in [5, 5.41) is 8.03. The molecule has 5 heterocycles. The molecule has 3 aliphatic heterocycles. The molecule has 10 heteroatoms. The predicted octanol–water partition coefficient (Wildman–Crippen LogP) is 3.30. The third kappa shape index (κ3) is 3.92. The van der Waals surface area contributed by atoms with Crippen LogP contribution in [0.1, 0.15) is 69.5 Å². The minimum absolute atomic E-state index is 0.0554. The number of nitrogens with zero attached hydrogens (tertiary/aromatic N) is 5. The number of hydrogen-bond donors (Lipinski definition) is 1. The number of halogens is 1. The molecule has 1 aromatic carbocycles. The van der Waals surface area contributed by atoms with E-state index in [0.717, 1.165) is 68.7 Å². The largest absolute Gasteiger partial charge is 0.373 e. The minimum atomic E-state index is -0.353. The van der Waals surface area contributed by atoms with E-state index in [1.165, 1.54) is 0 Å². The number of aromatic nitrogens is 4. The molecule has 0 bridgehead atoms. The molecule has 2 aromatic heterocycles. The van der Waals surface area contributed by atoms with Crippen molar-refractivity contribution < 1.29 is 14.3 Å². The van der Waals surface area contributed by atoms with E-state index < -0.39 is 0 Å². The molecule has 0 unspecified atom stereocenters. The summed E-state index contributed by atoms with van der Waals surface area (Å²) in [7, 11) is 0. The number of rotatable bonds is 4. The molecule has 0 aliphatic carbocycles. The van der Waals surface area contributed by atoms with E-state index in [-0.39, 0.29) is 17.9 Å². The van der Waals surface area contributed by atoms with Crippen LogP contribution < -0.4 is 5.32 Å². The smallest absolute Gasteiger partial charge is 0.272 e. The Bertz CT molecular complexity index is 1290. The van der Waals surface area contributed by atoms with Gasteiger partial charge in [0.05, 0.1) is 59.4 Å². The van der Waals surface area contributed by atoms with Crippen molar-refractivity contribution >= 4 is 23.4 Å². The summed E-state index contributed by atoms with van der Waals surface area (Å²) in [5.74, 6) is -0.258. The van der Waals surface area contributed by atoms with E-state index >= 15 is 0 Å². The van der Waals surface area contributed by atoms with Gasteiger partial charge in [-0.3, -0.25) is 9.59 Å². The maximum atomic E-state index is 13.1. The van der Waals surface area contributed by atoms with Crippen molar-refractivity contribution in [2.24, 2.45) is 0 Å². The third-order valence-corrected chi connectivity index (χ3v) is 7.56. The molecule has 1 atom stereocenters. The number of fused-ring (bicyclic) bond motifs is 2. The van der Waals surface area contributed by atoms with Crippen LogP contribution in [0.25, 0.3) is 5.69 Å². The molecule has 3 aromatic rings. The van der Waals surface area contributed by atoms with Crippen molar-refractivity contribution in [2.45, 2.75) is 51.3 Å². The molecular weight excluding hydrogens is 468 g/mol. The summed E-state index contributed by atoms with van der Waals surface area (Å²) in [6.07, 6.45) is 8.56. The average Bonchev–Trinajstić information content (AvgIpc) is 3.64. The van der Waals surface area contributed by atoms with Gasteiger partial charge in [-0.25, -0.2) is 9.67 Å². The Kier molecular flexibility index (Phi) is 5.82. The Balaban J connectivity index is 1.27. The Morgan fingerprint density at radius 2 is 1.91 bits per heavy atom. The fraction of sp³-hybridized carbons (Fsp3) is 0.440. The normalized spacial score (nSPS) is 19.3. The highest BCUT2D eigenvalue weighted by molar-refractivity contribution is 6.35. The molecular formula is C25H27ClN6O3. The van der Waals surface area contributed by atoms with Crippen molar-refractivity contribution in [3.8, 4) is 5.69 Å². The number of likely N-dealkylation sites (tertiary alicyclic amines) is 1.